The summed E-state index contributed by atoms with van der Waals surface area (Å²) in [5, 5.41) is 10.2. The minimum Gasteiger partial charge on any atom is -0.0616 e. The first kappa shape index (κ1) is 22.8. The van der Waals surface area contributed by atoms with Crippen LogP contribution in [-0.2, 0) is 0 Å². The third kappa shape index (κ3) is 3.77. The van der Waals surface area contributed by atoms with Crippen LogP contribution in [0, 0.1) is 0 Å². The van der Waals surface area contributed by atoms with Crippen molar-refractivity contribution in [2.75, 3.05) is 0 Å². The van der Waals surface area contributed by atoms with Crippen LogP contribution in [0.5, 0.6) is 0 Å². The summed E-state index contributed by atoms with van der Waals surface area (Å²) in [7, 11) is 0. The Morgan fingerprint density at radius 2 is 0.850 bits per heavy atom. The van der Waals surface area contributed by atoms with Crippen molar-refractivity contribution in [3.05, 3.63) is 158 Å². The topological polar surface area (TPSA) is 0 Å². The van der Waals surface area contributed by atoms with Gasteiger partial charge in [0, 0.05) is 0 Å². The second-order valence-corrected chi connectivity index (χ2v) is 10.6. The molecule has 0 spiro atoms. The quantitative estimate of drug-likeness (QED) is 0.209. The molecule has 0 aliphatic heterocycles. The molecule has 8 rings (SSSR count). The van der Waals surface area contributed by atoms with E-state index in [1.807, 2.05) is 0 Å². The smallest absolute Gasteiger partial charge is 0.00266 e. The van der Waals surface area contributed by atoms with Gasteiger partial charge >= 0.3 is 0 Å². The predicted octanol–water partition coefficient (Wildman–Crippen LogP) is 11.3. The number of benzene rings is 8. The molecule has 0 atom stereocenters. The van der Waals surface area contributed by atoms with Gasteiger partial charge in [0.15, 0.2) is 0 Å². The third-order valence-corrected chi connectivity index (χ3v) is 8.20. The Labute approximate surface area is 233 Å². The molecule has 0 heteroatoms. The maximum Gasteiger partial charge on any atom is -0.00266 e. The van der Waals surface area contributed by atoms with Crippen molar-refractivity contribution in [2.45, 2.75) is 0 Å². The number of fused-ring (bicyclic) bond motifs is 4. The summed E-state index contributed by atoms with van der Waals surface area (Å²) in [4.78, 5) is 0. The Kier molecular flexibility index (Phi) is 5.24. The van der Waals surface area contributed by atoms with Crippen LogP contribution < -0.4 is 0 Å². The summed E-state index contributed by atoms with van der Waals surface area (Å²) in [5.41, 5.74) is 7.52. The Morgan fingerprint density at radius 3 is 1.75 bits per heavy atom. The Bertz CT molecular complexity index is 2210. The van der Waals surface area contributed by atoms with Gasteiger partial charge in [-0.25, -0.2) is 0 Å². The minimum atomic E-state index is 1.23. The number of rotatable bonds is 3. The summed E-state index contributed by atoms with van der Waals surface area (Å²) in [6.45, 7) is 0. The Morgan fingerprint density at radius 1 is 0.250 bits per heavy atom. The van der Waals surface area contributed by atoms with E-state index in [1.54, 1.807) is 0 Å². The molecule has 0 bridgehead atoms. The van der Waals surface area contributed by atoms with E-state index < -0.39 is 0 Å². The van der Waals surface area contributed by atoms with E-state index in [2.05, 4.69) is 158 Å². The van der Waals surface area contributed by atoms with Gasteiger partial charge in [-0.05, 0) is 101 Å². The predicted molar refractivity (Wildman–Crippen MR) is 173 cm³/mol. The first-order valence-corrected chi connectivity index (χ1v) is 13.9. The van der Waals surface area contributed by atoms with E-state index in [1.165, 1.54) is 76.5 Å². The van der Waals surface area contributed by atoms with Crippen molar-refractivity contribution < 1.29 is 0 Å². The zero-order valence-corrected chi connectivity index (χ0v) is 22.0. The first-order valence-electron chi connectivity index (χ1n) is 13.9. The van der Waals surface area contributed by atoms with Gasteiger partial charge in [-0.2, -0.15) is 0 Å². The Hall–Kier alpha value is -5.20. The van der Waals surface area contributed by atoms with Crippen LogP contribution >= 0.6 is 0 Å². The van der Waals surface area contributed by atoms with E-state index in [0.717, 1.165) is 0 Å². The number of hydrogen-bond acceptors (Lipinski definition) is 0. The molecule has 0 amide bonds. The van der Waals surface area contributed by atoms with Gasteiger partial charge in [0.2, 0.25) is 0 Å². The van der Waals surface area contributed by atoms with Crippen molar-refractivity contribution in [2.24, 2.45) is 0 Å². The van der Waals surface area contributed by atoms with Gasteiger partial charge in [-0.1, -0.05) is 133 Å². The van der Waals surface area contributed by atoms with Gasteiger partial charge in [0.1, 0.15) is 0 Å². The van der Waals surface area contributed by atoms with E-state index >= 15 is 0 Å². The van der Waals surface area contributed by atoms with Crippen molar-refractivity contribution in [1.82, 2.24) is 0 Å². The van der Waals surface area contributed by atoms with Crippen LogP contribution in [-0.4, -0.2) is 0 Å². The molecule has 0 unspecified atom stereocenters. The lowest BCUT2D eigenvalue weighted by Gasteiger charge is -2.15. The van der Waals surface area contributed by atoms with E-state index in [-0.39, 0.29) is 0 Å². The van der Waals surface area contributed by atoms with Gasteiger partial charge < -0.3 is 0 Å². The monoisotopic (exact) mass is 506 g/mol. The average Bonchev–Trinajstić information content (AvgIpc) is 3.03. The average molecular weight is 507 g/mol. The molecule has 0 saturated carbocycles. The van der Waals surface area contributed by atoms with E-state index in [4.69, 9.17) is 0 Å². The highest BCUT2D eigenvalue weighted by molar-refractivity contribution is 6.14. The van der Waals surface area contributed by atoms with Gasteiger partial charge in [-0.15, -0.1) is 0 Å². The van der Waals surface area contributed by atoms with Gasteiger partial charge in [0.25, 0.3) is 0 Å². The summed E-state index contributed by atoms with van der Waals surface area (Å²) >= 11 is 0. The zero-order chi connectivity index (χ0) is 26.5. The number of hydrogen-bond donors (Lipinski definition) is 0. The second kappa shape index (κ2) is 9.22. The van der Waals surface area contributed by atoms with Gasteiger partial charge in [-0.3, -0.25) is 0 Å². The first-order chi connectivity index (χ1) is 19.8. The molecule has 0 aliphatic rings. The molecule has 0 radical (unpaired) electrons. The van der Waals surface area contributed by atoms with Crippen LogP contribution in [0.3, 0.4) is 0 Å². The van der Waals surface area contributed by atoms with Crippen molar-refractivity contribution in [3.63, 3.8) is 0 Å². The fraction of sp³-hybridized carbons (Fsp3) is 0. The highest BCUT2D eigenvalue weighted by Crippen LogP contribution is 2.40. The molecule has 8 aromatic rings. The summed E-state index contributed by atoms with van der Waals surface area (Å²) in [5.74, 6) is 0. The van der Waals surface area contributed by atoms with E-state index in [0.29, 0.717) is 0 Å². The molecule has 0 heterocycles. The lowest BCUT2D eigenvalue weighted by Crippen LogP contribution is -1.88. The largest absolute Gasteiger partial charge is 0.0616 e. The molecule has 8 aromatic carbocycles. The highest BCUT2D eigenvalue weighted by atomic mass is 14.2. The summed E-state index contributed by atoms with van der Waals surface area (Å²) in [6.07, 6.45) is 0. The maximum absolute atomic E-state index is 2.36. The molecule has 0 fully saturated rings. The molecule has 0 aromatic heterocycles. The van der Waals surface area contributed by atoms with Crippen molar-refractivity contribution >= 4 is 43.1 Å². The molecular weight excluding hydrogens is 480 g/mol. The molecule has 0 nitrogen and oxygen atoms in total. The van der Waals surface area contributed by atoms with Crippen molar-refractivity contribution in [3.8, 4) is 33.4 Å². The second-order valence-electron chi connectivity index (χ2n) is 10.6. The van der Waals surface area contributed by atoms with Crippen LogP contribution in [0.1, 0.15) is 0 Å². The fourth-order valence-electron chi connectivity index (χ4n) is 6.25. The lowest BCUT2D eigenvalue weighted by atomic mass is 9.88. The highest BCUT2D eigenvalue weighted by Gasteiger charge is 2.13. The normalized spacial score (nSPS) is 11.5. The minimum absolute atomic E-state index is 1.23. The van der Waals surface area contributed by atoms with Crippen molar-refractivity contribution in [1.29, 1.82) is 0 Å². The standard InChI is InChI=1S/C40H26/c1-2-11-29-23-31(20-19-27(29)9-1)30-14-7-15-34(24-30)40-38-17-6-4-12-32(38)25-35-26-33(21-22-39(35)40)37-18-8-13-28-10-3-5-16-36(28)37/h1-26H. The molecule has 40 heavy (non-hydrogen) atoms. The molecular formula is C40H26. The van der Waals surface area contributed by atoms with Crippen LogP contribution in [0.25, 0.3) is 76.5 Å². The molecule has 0 aliphatic carbocycles. The van der Waals surface area contributed by atoms with Crippen LogP contribution in [0.4, 0.5) is 0 Å². The maximum atomic E-state index is 2.36. The molecule has 186 valence electrons. The zero-order valence-electron chi connectivity index (χ0n) is 22.0. The summed E-state index contributed by atoms with van der Waals surface area (Å²) < 4.78 is 0. The lowest BCUT2D eigenvalue weighted by molar-refractivity contribution is 1.63. The summed E-state index contributed by atoms with van der Waals surface area (Å²) in [6, 6.07) is 57.6. The van der Waals surface area contributed by atoms with E-state index in [9.17, 15) is 0 Å². The van der Waals surface area contributed by atoms with Gasteiger partial charge in [0.05, 0.1) is 0 Å². The third-order valence-electron chi connectivity index (χ3n) is 8.20. The molecule has 0 N–H and O–H groups in total. The van der Waals surface area contributed by atoms with Crippen LogP contribution in [0.15, 0.2) is 158 Å². The molecule has 0 saturated heterocycles. The Balaban J connectivity index is 1.34. The van der Waals surface area contributed by atoms with Crippen LogP contribution in [0.2, 0.25) is 0 Å². The SMILES string of the molecule is c1cc(-c2ccc3ccccc3c2)cc(-c2c3ccccc3cc3cc(-c4cccc5ccccc45)ccc23)c1. The fourth-order valence-corrected chi connectivity index (χ4v) is 6.25.